The van der Waals surface area contributed by atoms with Crippen LogP contribution in [0.15, 0.2) is 84.0 Å². The second-order valence-corrected chi connectivity index (χ2v) is 9.10. The van der Waals surface area contributed by atoms with Crippen molar-refractivity contribution in [3.05, 3.63) is 95.0 Å². The van der Waals surface area contributed by atoms with Crippen molar-refractivity contribution in [3.8, 4) is 17.1 Å². The summed E-state index contributed by atoms with van der Waals surface area (Å²) in [6.45, 7) is 1.07. The van der Waals surface area contributed by atoms with Crippen LogP contribution >= 0.6 is 23.4 Å². The Balaban J connectivity index is 1.52. The van der Waals surface area contributed by atoms with Crippen LogP contribution < -0.4 is 4.74 Å². The van der Waals surface area contributed by atoms with Crippen molar-refractivity contribution < 1.29 is 9.53 Å². The van der Waals surface area contributed by atoms with E-state index in [9.17, 15) is 4.79 Å². The summed E-state index contributed by atoms with van der Waals surface area (Å²) in [7, 11) is 3.43. The largest absolute Gasteiger partial charge is 0.497 e. The molecule has 0 aliphatic rings. The van der Waals surface area contributed by atoms with Gasteiger partial charge < -0.3 is 9.64 Å². The number of amides is 1. The van der Waals surface area contributed by atoms with E-state index < -0.39 is 0 Å². The number of rotatable bonds is 9. The van der Waals surface area contributed by atoms with E-state index in [-0.39, 0.29) is 11.7 Å². The first kappa shape index (κ1) is 23.9. The van der Waals surface area contributed by atoms with Gasteiger partial charge in [-0.25, -0.2) is 0 Å². The number of aromatic nitrogens is 3. The fourth-order valence-corrected chi connectivity index (χ4v) is 4.61. The molecular weight excluding hydrogens is 468 g/mol. The Morgan fingerprint density at radius 1 is 1.00 bits per heavy atom. The molecule has 0 N–H and O–H groups in total. The van der Waals surface area contributed by atoms with Gasteiger partial charge in [0.05, 0.1) is 24.4 Å². The van der Waals surface area contributed by atoms with Crippen LogP contribution in [0.25, 0.3) is 11.4 Å². The average Bonchev–Trinajstić information content (AvgIpc) is 3.25. The van der Waals surface area contributed by atoms with Gasteiger partial charge in [-0.2, -0.15) is 0 Å². The monoisotopic (exact) mass is 492 g/mol. The van der Waals surface area contributed by atoms with E-state index in [0.717, 1.165) is 22.4 Å². The van der Waals surface area contributed by atoms with Crippen LogP contribution in [0.3, 0.4) is 0 Å². The summed E-state index contributed by atoms with van der Waals surface area (Å²) in [6, 6.07) is 25.4. The van der Waals surface area contributed by atoms with Gasteiger partial charge >= 0.3 is 0 Å². The topological polar surface area (TPSA) is 60.2 Å². The predicted octanol–water partition coefficient (Wildman–Crippen LogP) is 5.41. The first-order chi connectivity index (χ1) is 16.5. The summed E-state index contributed by atoms with van der Waals surface area (Å²) in [4.78, 5) is 14.6. The molecule has 1 heterocycles. The summed E-state index contributed by atoms with van der Waals surface area (Å²) in [6.07, 6.45) is 0. The molecule has 4 rings (SSSR count). The number of benzene rings is 3. The number of halogens is 1. The van der Waals surface area contributed by atoms with E-state index in [0.29, 0.717) is 29.1 Å². The number of carbonyl (C=O) groups is 1. The number of carbonyl (C=O) groups excluding carboxylic acids is 1. The highest BCUT2D eigenvalue weighted by Crippen LogP contribution is 2.30. The van der Waals surface area contributed by atoms with Gasteiger partial charge in [0, 0.05) is 19.2 Å². The number of hydrogen-bond acceptors (Lipinski definition) is 5. The molecule has 0 radical (unpaired) electrons. The molecule has 8 heteroatoms. The van der Waals surface area contributed by atoms with Crippen LogP contribution in [-0.4, -0.2) is 45.5 Å². The number of hydrogen-bond donors (Lipinski definition) is 0. The molecule has 0 aliphatic carbocycles. The quantitative estimate of drug-likeness (QED) is 0.292. The molecule has 6 nitrogen and oxygen atoms in total. The maximum absolute atomic E-state index is 12.9. The highest BCUT2D eigenvalue weighted by Gasteiger charge is 2.19. The molecule has 1 amide bonds. The molecule has 0 atom stereocenters. The maximum Gasteiger partial charge on any atom is 0.233 e. The van der Waals surface area contributed by atoms with Gasteiger partial charge in [-0.15, -0.1) is 10.2 Å². The third kappa shape index (κ3) is 5.79. The van der Waals surface area contributed by atoms with Crippen molar-refractivity contribution in [2.75, 3.05) is 19.9 Å². The van der Waals surface area contributed by atoms with E-state index in [1.807, 2.05) is 71.3 Å². The molecule has 1 aromatic heterocycles. The Morgan fingerprint density at radius 2 is 1.74 bits per heavy atom. The fraction of sp³-hybridized carbons (Fsp3) is 0.192. The number of thioether (sulfide) groups is 1. The lowest BCUT2D eigenvalue weighted by molar-refractivity contribution is -0.127. The standard InChI is InChI=1S/C26H25ClN4O2S/c1-30(16-20-11-8-12-21(15-20)33-2)24(32)18-34-26-29-28-25(22-13-6-7-14-23(22)27)31(26)17-19-9-4-3-5-10-19/h3-15H,16-18H2,1-2H3. The summed E-state index contributed by atoms with van der Waals surface area (Å²) >= 11 is 7.83. The number of nitrogens with zero attached hydrogens (tertiary/aromatic N) is 4. The minimum atomic E-state index is 0.00127. The summed E-state index contributed by atoms with van der Waals surface area (Å²) < 4.78 is 7.29. The lowest BCUT2D eigenvalue weighted by Gasteiger charge is -2.17. The van der Waals surface area contributed by atoms with E-state index in [1.165, 1.54) is 11.8 Å². The highest BCUT2D eigenvalue weighted by atomic mass is 35.5. The summed E-state index contributed by atoms with van der Waals surface area (Å²) in [5.41, 5.74) is 2.92. The Kier molecular flexibility index (Phi) is 7.87. The smallest absolute Gasteiger partial charge is 0.233 e. The minimum Gasteiger partial charge on any atom is -0.497 e. The van der Waals surface area contributed by atoms with Gasteiger partial charge in [-0.05, 0) is 35.4 Å². The molecule has 0 unspecified atom stereocenters. The van der Waals surface area contributed by atoms with Crippen molar-refractivity contribution in [1.82, 2.24) is 19.7 Å². The van der Waals surface area contributed by atoms with Crippen LogP contribution in [0.2, 0.25) is 5.02 Å². The number of ether oxygens (including phenoxy) is 1. The zero-order chi connectivity index (χ0) is 23.9. The predicted molar refractivity (Wildman–Crippen MR) is 136 cm³/mol. The molecule has 0 bridgehead atoms. The van der Waals surface area contributed by atoms with Crippen LogP contribution in [-0.2, 0) is 17.9 Å². The molecule has 4 aromatic rings. The zero-order valence-electron chi connectivity index (χ0n) is 19.0. The molecule has 3 aromatic carbocycles. The van der Waals surface area contributed by atoms with E-state index >= 15 is 0 Å². The molecule has 34 heavy (non-hydrogen) atoms. The highest BCUT2D eigenvalue weighted by molar-refractivity contribution is 7.99. The van der Waals surface area contributed by atoms with Crippen molar-refractivity contribution in [3.63, 3.8) is 0 Å². The molecule has 0 fully saturated rings. The molecule has 0 saturated heterocycles. The van der Waals surface area contributed by atoms with Crippen LogP contribution in [0.4, 0.5) is 0 Å². The van der Waals surface area contributed by atoms with Gasteiger partial charge in [-0.3, -0.25) is 9.36 Å². The second-order valence-electron chi connectivity index (χ2n) is 7.75. The SMILES string of the molecule is COc1cccc(CN(C)C(=O)CSc2nnc(-c3ccccc3Cl)n2Cc2ccccc2)c1. The fourth-order valence-electron chi connectivity index (χ4n) is 3.52. The zero-order valence-corrected chi connectivity index (χ0v) is 20.6. The maximum atomic E-state index is 12.9. The molecule has 174 valence electrons. The second kappa shape index (κ2) is 11.2. The first-order valence-corrected chi connectivity index (χ1v) is 12.1. The molecule has 0 spiro atoms. The molecular formula is C26H25ClN4O2S. The number of methoxy groups -OCH3 is 1. The lowest BCUT2D eigenvalue weighted by Crippen LogP contribution is -2.28. The van der Waals surface area contributed by atoms with Gasteiger partial charge in [-0.1, -0.05) is 78.0 Å². The Hall–Kier alpha value is -3.29. The van der Waals surface area contributed by atoms with E-state index in [2.05, 4.69) is 22.3 Å². The molecule has 0 aliphatic heterocycles. The average molecular weight is 493 g/mol. The third-order valence-corrected chi connectivity index (χ3v) is 6.60. The van der Waals surface area contributed by atoms with Crippen molar-refractivity contribution in [2.45, 2.75) is 18.2 Å². The van der Waals surface area contributed by atoms with Gasteiger partial charge in [0.15, 0.2) is 11.0 Å². The lowest BCUT2D eigenvalue weighted by atomic mass is 10.2. The Bertz CT molecular complexity index is 1260. The van der Waals surface area contributed by atoms with Crippen molar-refractivity contribution >= 4 is 29.3 Å². The van der Waals surface area contributed by atoms with E-state index in [1.54, 1.807) is 19.1 Å². The van der Waals surface area contributed by atoms with E-state index in [4.69, 9.17) is 16.3 Å². The van der Waals surface area contributed by atoms with Gasteiger partial charge in [0.25, 0.3) is 0 Å². The Morgan fingerprint density at radius 3 is 2.50 bits per heavy atom. The third-order valence-electron chi connectivity index (χ3n) is 5.32. The van der Waals surface area contributed by atoms with Crippen molar-refractivity contribution in [2.24, 2.45) is 0 Å². The van der Waals surface area contributed by atoms with Crippen molar-refractivity contribution in [1.29, 1.82) is 0 Å². The van der Waals surface area contributed by atoms with Gasteiger partial charge in [0.2, 0.25) is 5.91 Å². The van der Waals surface area contributed by atoms with Crippen LogP contribution in [0.5, 0.6) is 5.75 Å². The minimum absolute atomic E-state index is 0.00127. The van der Waals surface area contributed by atoms with Gasteiger partial charge in [0.1, 0.15) is 5.75 Å². The summed E-state index contributed by atoms with van der Waals surface area (Å²) in [5.74, 6) is 1.69. The molecule has 0 saturated carbocycles. The first-order valence-electron chi connectivity index (χ1n) is 10.8. The summed E-state index contributed by atoms with van der Waals surface area (Å²) in [5, 5.41) is 10.1. The van der Waals surface area contributed by atoms with Crippen LogP contribution in [0, 0.1) is 0 Å². The Labute approximate surface area is 208 Å². The van der Waals surface area contributed by atoms with Crippen LogP contribution in [0.1, 0.15) is 11.1 Å². The normalized spacial score (nSPS) is 10.8.